The molecule has 1 heterocycles. The van der Waals surface area contributed by atoms with E-state index in [1.54, 1.807) is 84.0 Å². The van der Waals surface area contributed by atoms with Crippen molar-refractivity contribution in [3.05, 3.63) is 94.6 Å². The first-order chi connectivity index (χ1) is 45.2. The topological polar surface area (TPSA) is 254 Å². The number of aliphatic hydroxyl groups excluding tert-OH is 1. The Kier molecular flexibility index (Phi) is 18.8. The molecule has 11 rings (SSSR count). The van der Waals surface area contributed by atoms with E-state index in [1.165, 1.54) is 38.5 Å². The van der Waals surface area contributed by atoms with E-state index >= 15 is 14.4 Å². The van der Waals surface area contributed by atoms with Crippen LogP contribution in [0.15, 0.2) is 83.5 Å². The first kappa shape index (κ1) is 72.2. The van der Waals surface area contributed by atoms with Crippen LogP contribution in [-0.4, -0.2) is 125 Å². The summed E-state index contributed by atoms with van der Waals surface area (Å²) in [6.07, 6.45) is -0.366. The molecule has 0 spiro atoms. The van der Waals surface area contributed by atoms with Gasteiger partial charge in [-0.3, -0.25) is 33.6 Å². The monoisotopic (exact) mass is 1340 g/mol. The number of ether oxygens (including phenoxy) is 7. The summed E-state index contributed by atoms with van der Waals surface area (Å²) in [4.78, 5) is 117. The molecule has 7 fully saturated rings. The number of ketones is 2. The predicted octanol–water partition coefficient (Wildman–Crippen LogP) is 12.0. The predicted molar refractivity (Wildman–Crippen MR) is 359 cm³/mol. The molecule has 97 heavy (non-hydrogen) atoms. The molecule has 21 atom stereocenters. The van der Waals surface area contributed by atoms with Crippen molar-refractivity contribution in [2.75, 3.05) is 13.2 Å². The number of hydrogen-bond donors (Lipinski definition) is 3. The van der Waals surface area contributed by atoms with E-state index in [9.17, 15) is 34.2 Å². The van der Waals surface area contributed by atoms with Crippen LogP contribution in [0.5, 0.6) is 0 Å². The number of Topliss-reactive ketones (excluding diaryl/α,β-unsaturated/α-hetero) is 2. The second kappa shape index (κ2) is 25.2. The summed E-state index contributed by atoms with van der Waals surface area (Å²) in [7, 11) is 0. The van der Waals surface area contributed by atoms with Crippen molar-refractivity contribution in [2.45, 2.75) is 255 Å². The Morgan fingerprint density at radius 3 is 2.03 bits per heavy atom. The number of aliphatic hydroxyl groups is 2. The van der Waals surface area contributed by atoms with Crippen LogP contribution < -0.4 is 5.32 Å². The van der Waals surface area contributed by atoms with Crippen molar-refractivity contribution < 1.29 is 81.7 Å². The Morgan fingerprint density at radius 1 is 0.773 bits per heavy atom. The number of allylic oxidation sites excluding steroid dienone is 2. The number of amides is 1. The van der Waals surface area contributed by atoms with Gasteiger partial charge in [0.2, 0.25) is 5.91 Å². The zero-order valence-corrected chi connectivity index (χ0v) is 60.4. The van der Waals surface area contributed by atoms with Crippen molar-refractivity contribution in [1.82, 2.24) is 5.32 Å². The number of carbonyl (C=O) groups is 8. The Bertz CT molecular complexity index is 3530. The van der Waals surface area contributed by atoms with Gasteiger partial charge in [0, 0.05) is 56.3 Å². The summed E-state index contributed by atoms with van der Waals surface area (Å²) in [5.41, 5.74) is -7.94. The third-order valence-corrected chi connectivity index (χ3v) is 27.5. The average molecular weight is 1340 g/mol. The van der Waals surface area contributed by atoms with Gasteiger partial charge in [0.05, 0.1) is 53.8 Å². The van der Waals surface area contributed by atoms with Crippen LogP contribution in [0.2, 0.25) is 0 Å². The molecule has 2 bridgehead atoms. The molecule has 18 heteroatoms. The molecule has 0 radical (unpaired) electrons. The summed E-state index contributed by atoms with van der Waals surface area (Å²) in [6, 6.07) is 15.9. The van der Waals surface area contributed by atoms with Crippen LogP contribution in [0.3, 0.4) is 0 Å². The molecule has 3 unspecified atom stereocenters. The number of hydrogen-bond acceptors (Lipinski definition) is 17. The molecule has 2 aromatic rings. The molecule has 3 N–H and O–H groups in total. The fourth-order valence-corrected chi connectivity index (χ4v) is 21.6. The Balaban J connectivity index is 0.963. The van der Waals surface area contributed by atoms with Crippen LogP contribution in [0.25, 0.3) is 0 Å². The minimum absolute atomic E-state index is 0.0310. The van der Waals surface area contributed by atoms with E-state index < -0.39 is 123 Å². The number of fused-ring (bicyclic) bond motifs is 12. The minimum Gasteiger partial charge on any atom is -0.462 e. The van der Waals surface area contributed by atoms with E-state index in [1.807, 2.05) is 6.07 Å². The summed E-state index contributed by atoms with van der Waals surface area (Å²) in [5.74, 6) is -5.70. The molecule has 2 aromatic carbocycles. The summed E-state index contributed by atoms with van der Waals surface area (Å²) in [6.45, 7) is 31.5. The lowest BCUT2D eigenvalue weighted by Gasteiger charge is -2.71. The van der Waals surface area contributed by atoms with Crippen LogP contribution >= 0.6 is 0 Å². The number of carbonyl (C=O) groups excluding carboxylic acids is 8. The van der Waals surface area contributed by atoms with Gasteiger partial charge < -0.3 is 48.7 Å². The molecule has 1 amide bonds. The second-order valence-electron chi connectivity index (χ2n) is 34.0. The van der Waals surface area contributed by atoms with Gasteiger partial charge in [-0.05, 0) is 146 Å². The maximum Gasteiger partial charge on any atom is 0.338 e. The molecule has 530 valence electrons. The zero-order valence-electron chi connectivity index (χ0n) is 60.4. The number of benzene rings is 2. The fourth-order valence-electron chi connectivity index (χ4n) is 21.6. The number of esters is 5. The molecule has 9 aliphatic rings. The minimum atomic E-state index is -2.31. The summed E-state index contributed by atoms with van der Waals surface area (Å²) < 4.78 is 44.9. The van der Waals surface area contributed by atoms with Gasteiger partial charge in [0.1, 0.15) is 23.9 Å². The SMILES string of the molecule is CC(=O)O[C@H]1C(=O)[C@@]2(C)[C@H]([C@H](OC(=O)c3ccccc3)[C@]3(O)C[C@H](OCCC(=O)C(OC(=O)[C@]45CC[C@@H](C)[C@H](C)C4C4=CC[C@@H]6[C@@]7(C)CC[C@H](OC(C)=O)C(C)(C)[C@@H]7CC[C@@]6(C)[C@]4(C)CC5)C(NC(=O)C(C)(C)C)c4ccccc4)C(C)=C1C3(C)C)[C@]1(OC(C)=O)CO[C@@H]1C[C@@H]2O. The van der Waals surface area contributed by atoms with E-state index in [4.69, 9.17) is 33.2 Å². The maximum atomic E-state index is 16.4. The summed E-state index contributed by atoms with van der Waals surface area (Å²) in [5, 5.41) is 29.8. The zero-order chi connectivity index (χ0) is 70.9. The highest BCUT2D eigenvalue weighted by Gasteiger charge is 2.79. The molecule has 6 saturated carbocycles. The first-order valence-electron chi connectivity index (χ1n) is 35.7. The average Bonchev–Trinajstić information content (AvgIpc) is 0.677. The first-order valence-corrected chi connectivity index (χ1v) is 35.7. The van der Waals surface area contributed by atoms with Gasteiger partial charge in [0.15, 0.2) is 29.4 Å². The lowest BCUT2D eigenvalue weighted by molar-refractivity contribution is -0.346. The van der Waals surface area contributed by atoms with Crippen molar-refractivity contribution in [1.29, 1.82) is 0 Å². The normalized spacial score (nSPS) is 39.8. The molecule has 18 nitrogen and oxygen atoms in total. The highest BCUT2D eigenvalue weighted by Crippen LogP contribution is 2.76. The lowest BCUT2D eigenvalue weighted by Crippen LogP contribution is -2.82. The molecule has 1 aliphatic heterocycles. The van der Waals surface area contributed by atoms with Crippen molar-refractivity contribution in [2.24, 2.45) is 78.8 Å². The standard InChI is InChI=1S/C79H107NO17/c1-43-30-36-77(38-37-74(15)51(59(77)44(43)2)28-29-55-73(14)34-32-57(93-46(4)81)71(10,11)54(73)31-35-75(55,74)16)69(89)95-62(61(49-24-20-18-21-25-49)80-68(88)70(7,8)9)52(84)33-39-91-53-41-79(90)66(96-67(87)50-26-22-19-23-27-50)64-76(17,56(85)40-58-78(64,42-92-58)97-48(6)83)65(86)63(94-47(5)82)60(45(53)3)72(79,12)13/h18-28,43-44,53-59,61-64,66,85,90H,29-42H2,1-17H3,(H,80,88)/t43-,44+,53+,54+,55-,56+,57+,58-,59?,61?,62?,63-,64+,66+,73+,74-,75-,76-,77+,78+,79-/m1/s1. The maximum absolute atomic E-state index is 16.4. The molecular formula is C79H107NO17. The molecule has 1 saturated heterocycles. The van der Waals surface area contributed by atoms with Crippen molar-refractivity contribution >= 4 is 47.3 Å². The van der Waals surface area contributed by atoms with Crippen LogP contribution in [0, 0.1) is 78.8 Å². The van der Waals surface area contributed by atoms with Crippen molar-refractivity contribution in [3.8, 4) is 0 Å². The van der Waals surface area contributed by atoms with E-state index in [0.29, 0.717) is 35.8 Å². The Hall–Kier alpha value is -6.08. The molecule has 0 aromatic heterocycles. The quantitative estimate of drug-likeness (QED) is 0.0851. The van der Waals surface area contributed by atoms with Gasteiger partial charge in [0.25, 0.3) is 0 Å². The number of nitrogens with one attached hydrogen (secondary N) is 1. The third-order valence-electron chi connectivity index (χ3n) is 27.5. The number of rotatable bonds is 15. The van der Waals surface area contributed by atoms with Crippen LogP contribution in [-0.2, 0) is 66.7 Å². The highest BCUT2D eigenvalue weighted by molar-refractivity contribution is 5.96. The van der Waals surface area contributed by atoms with E-state index in [-0.39, 0.29) is 94.6 Å². The largest absolute Gasteiger partial charge is 0.462 e. The van der Waals surface area contributed by atoms with Gasteiger partial charge in [-0.2, -0.15) is 0 Å². The van der Waals surface area contributed by atoms with Gasteiger partial charge in [-0.25, -0.2) is 4.79 Å². The lowest BCUT2D eigenvalue weighted by atomic mass is 9.33. The molecule has 8 aliphatic carbocycles. The van der Waals surface area contributed by atoms with Crippen LogP contribution in [0.1, 0.15) is 217 Å². The summed E-state index contributed by atoms with van der Waals surface area (Å²) >= 11 is 0. The van der Waals surface area contributed by atoms with E-state index in [2.05, 4.69) is 59.9 Å². The smallest absolute Gasteiger partial charge is 0.338 e. The Morgan fingerprint density at radius 2 is 1.42 bits per heavy atom. The van der Waals surface area contributed by atoms with Crippen molar-refractivity contribution in [3.63, 3.8) is 0 Å². The van der Waals surface area contributed by atoms with Gasteiger partial charge in [-0.15, -0.1) is 0 Å². The van der Waals surface area contributed by atoms with Gasteiger partial charge >= 0.3 is 29.8 Å². The highest BCUT2D eigenvalue weighted by atomic mass is 16.6. The third kappa shape index (κ3) is 11.3. The Labute approximate surface area is 573 Å². The van der Waals surface area contributed by atoms with Gasteiger partial charge in [-0.1, -0.05) is 143 Å². The van der Waals surface area contributed by atoms with E-state index in [0.717, 1.165) is 51.9 Å². The fraction of sp³-hybridized carbons (Fsp3) is 0.696. The second-order valence-corrected chi connectivity index (χ2v) is 34.0. The molecular weight excluding hydrogens is 1230 g/mol. The van der Waals surface area contributed by atoms with Crippen LogP contribution in [0.4, 0.5) is 0 Å².